The molecule has 0 heterocycles. The summed E-state index contributed by atoms with van der Waals surface area (Å²) in [6.45, 7) is 0. The quantitative estimate of drug-likeness (QED) is 0.270. The van der Waals surface area contributed by atoms with Gasteiger partial charge in [-0.05, 0) is 12.1 Å². The number of esters is 2. The predicted octanol–water partition coefficient (Wildman–Crippen LogP) is 1.92. The fourth-order valence-corrected chi connectivity index (χ4v) is 1.40. The van der Waals surface area contributed by atoms with E-state index in [1.54, 1.807) is 0 Å². The molecule has 0 N–H and O–H groups in total. The minimum absolute atomic E-state index is 0.00802. The Hall–Kier alpha value is -2.15. The zero-order valence-electron chi connectivity index (χ0n) is 9.92. The lowest BCUT2D eigenvalue weighted by molar-refractivity contribution is -0.385. The molecule has 1 rings (SSSR count). The molecule has 7 nitrogen and oxygen atoms in total. The average Bonchev–Trinajstić information content (AvgIpc) is 2.38. The lowest BCUT2D eigenvalue weighted by atomic mass is 10.2. The molecule has 1 aromatic carbocycles. The maximum absolute atomic E-state index is 11.3. The normalized spacial score (nSPS) is 9.79. The molecule has 0 amide bonds. The van der Waals surface area contributed by atoms with Gasteiger partial charge in [0.2, 0.25) is 5.75 Å². The van der Waals surface area contributed by atoms with Crippen LogP contribution in [-0.2, 0) is 9.53 Å². The summed E-state index contributed by atoms with van der Waals surface area (Å²) in [6, 6.07) is 3.41. The third-order valence-corrected chi connectivity index (χ3v) is 2.29. The second kappa shape index (κ2) is 6.69. The van der Waals surface area contributed by atoms with Crippen LogP contribution >= 0.6 is 11.6 Å². The van der Waals surface area contributed by atoms with Crippen molar-refractivity contribution in [2.24, 2.45) is 0 Å². The molecular weight excluding hydrogens is 278 g/mol. The molecule has 102 valence electrons. The van der Waals surface area contributed by atoms with Crippen LogP contribution < -0.4 is 4.74 Å². The van der Waals surface area contributed by atoms with E-state index < -0.39 is 22.5 Å². The van der Waals surface area contributed by atoms with Crippen LogP contribution in [0, 0.1) is 10.1 Å². The molecule has 0 aliphatic carbocycles. The fraction of sp³-hybridized carbons (Fsp3) is 0.273. The summed E-state index contributed by atoms with van der Waals surface area (Å²) in [4.78, 5) is 32.6. The molecule has 0 fully saturated rings. The van der Waals surface area contributed by atoms with Gasteiger partial charge in [-0.3, -0.25) is 14.9 Å². The van der Waals surface area contributed by atoms with E-state index >= 15 is 0 Å². The SMILES string of the molecule is COC(=O)c1ccc(OC(=O)CCCl)c([N+](=O)[O-])c1. The average molecular weight is 288 g/mol. The molecule has 0 radical (unpaired) electrons. The van der Waals surface area contributed by atoms with Gasteiger partial charge in [-0.15, -0.1) is 11.6 Å². The highest BCUT2D eigenvalue weighted by Gasteiger charge is 2.21. The number of methoxy groups -OCH3 is 1. The van der Waals surface area contributed by atoms with E-state index in [0.29, 0.717) is 0 Å². The first-order valence-corrected chi connectivity index (χ1v) is 5.66. The lowest BCUT2D eigenvalue weighted by Gasteiger charge is -2.05. The van der Waals surface area contributed by atoms with Gasteiger partial charge in [-0.2, -0.15) is 0 Å². The summed E-state index contributed by atoms with van der Waals surface area (Å²) in [5, 5.41) is 10.9. The number of ether oxygens (including phenoxy) is 2. The van der Waals surface area contributed by atoms with E-state index in [-0.39, 0.29) is 23.6 Å². The van der Waals surface area contributed by atoms with Crippen LogP contribution in [0.3, 0.4) is 0 Å². The Morgan fingerprint density at radius 2 is 2.11 bits per heavy atom. The fourth-order valence-electron chi connectivity index (χ4n) is 1.24. The monoisotopic (exact) mass is 287 g/mol. The highest BCUT2D eigenvalue weighted by molar-refractivity contribution is 6.18. The molecule has 0 spiro atoms. The minimum atomic E-state index is -0.754. The summed E-state index contributed by atoms with van der Waals surface area (Å²) < 4.78 is 9.24. The van der Waals surface area contributed by atoms with Gasteiger partial charge < -0.3 is 9.47 Å². The zero-order valence-corrected chi connectivity index (χ0v) is 10.7. The molecule has 0 atom stereocenters. The van der Waals surface area contributed by atoms with Crippen LogP contribution in [0.25, 0.3) is 0 Å². The molecule has 0 bridgehead atoms. The van der Waals surface area contributed by atoms with Crippen molar-refractivity contribution in [2.75, 3.05) is 13.0 Å². The molecule has 0 aliphatic heterocycles. The number of alkyl halides is 1. The number of nitrogens with zero attached hydrogens (tertiary/aromatic N) is 1. The Morgan fingerprint density at radius 3 is 2.63 bits per heavy atom. The number of hydrogen-bond donors (Lipinski definition) is 0. The molecule has 1 aromatic rings. The highest BCUT2D eigenvalue weighted by atomic mass is 35.5. The third-order valence-electron chi connectivity index (χ3n) is 2.10. The van der Waals surface area contributed by atoms with Crippen LogP contribution in [0.1, 0.15) is 16.8 Å². The maximum atomic E-state index is 11.3. The molecule has 0 unspecified atom stereocenters. The van der Waals surface area contributed by atoms with E-state index in [4.69, 9.17) is 16.3 Å². The smallest absolute Gasteiger partial charge is 0.338 e. The summed E-state index contributed by atoms with van der Waals surface area (Å²) >= 11 is 5.35. The van der Waals surface area contributed by atoms with E-state index in [0.717, 1.165) is 19.2 Å². The Labute approximate surface area is 113 Å². The summed E-state index contributed by atoms with van der Waals surface area (Å²) in [6.07, 6.45) is -0.0720. The number of carbonyl (C=O) groups excluding carboxylic acids is 2. The number of nitro benzene ring substituents is 1. The molecular formula is C11H10ClNO6. The Kier molecular flexibility index (Phi) is 5.25. The Balaban J connectivity index is 3.08. The number of hydrogen-bond acceptors (Lipinski definition) is 6. The predicted molar refractivity (Wildman–Crippen MR) is 65.4 cm³/mol. The number of benzene rings is 1. The van der Waals surface area contributed by atoms with Crippen molar-refractivity contribution >= 4 is 29.2 Å². The molecule has 0 aromatic heterocycles. The van der Waals surface area contributed by atoms with Crippen molar-refractivity contribution in [3.8, 4) is 5.75 Å². The van der Waals surface area contributed by atoms with Crippen LogP contribution in [0.15, 0.2) is 18.2 Å². The van der Waals surface area contributed by atoms with Crippen LogP contribution in [0.5, 0.6) is 5.75 Å². The van der Waals surface area contributed by atoms with Crippen molar-refractivity contribution in [1.29, 1.82) is 0 Å². The van der Waals surface area contributed by atoms with Gasteiger partial charge in [-0.1, -0.05) is 0 Å². The third kappa shape index (κ3) is 3.92. The molecule has 8 heteroatoms. The van der Waals surface area contributed by atoms with Crippen molar-refractivity contribution in [3.05, 3.63) is 33.9 Å². The van der Waals surface area contributed by atoms with Crippen molar-refractivity contribution in [3.63, 3.8) is 0 Å². The van der Waals surface area contributed by atoms with Crippen LogP contribution in [-0.4, -0.2) is 29.9 Å². The Morgan fingerprint density at radius 1 is 1.42 bits per heavy atom. The first-order chi connectivity index (χ1) is 8.99. The van der Waals surface area contributed by atoms with Crippen molar-refractivity contribution in [2.45, 2.75) is 6.42 Å². The first kappa shape index (κ1) is 14.9. The van der Waals surface area contributed by atoms with Crippen molar-refractivity contribution < 1.29 is 24.0 Å². The second-order valence-corrected chi connectivity index (χ2v) is 3.72. The summed E-state index contributed by atoms with van der Waals surface area (Å²) in [5.41, 5.74) is -0.503. The van der Waals surface area contributed by atoms with Gasteiger partial charge in [0.05, 0.1) is 24.0 Å². The highest BCUT2D eigenvalue weighted by Crippen LogP contribution is 2.28. The van der Waals surface area contributed by atoms with E-state index in [1.165, 1.54) is 6.07 Å². The van der Waals surface area contributed by atoms with Crippen LogP contribution in [0.4, 0.5) is 5.69 Å². The maximum Gasteiger partial charge on any atom is 0.338 e. The van der Waals surface area contributed by atoms with Gasteiger partial charge in [0.25, 0.3) is 0 Å². The number of halogens is 1. The van der Waals surface area contributed by atoms with Gasteiger partial charge in [0, 0.05) is 11.9 Å². The number of carbonyl (C=O) groups is 2. The van der Waals surface area contributed by atoms with Crippen LogP contribution in [0.2, 0.25) is 0 Å². The molecule has 0 saturated carbocycles. The molecule has 0 saturated heterocycles. The van der Waals surface area contributed by atoms with Gasteiger partial charge in [0.15, 0.2) is 0 Å². The molecule has 0 aliphatic rings. The summed E-state index contributed by atoms with van der Waals surface area (Å²) in [7, 11) is 1.16. The molecule has 19 heavy (non-hydrogen) atoms. The van der Waals surface area contributed by atoms with Gasteiger partial charge in [-0.25, -0.2) is 4.79 Å². The topological polar surface area (TPSA) is 95.7 Å². The zero-order chi connectivity index (χ0) is 14.4. The Bertz CT molecular complexity index is 516. The second-order valence-electron chi connectivity index (χ2n) is 3.34. The van der Waals surface area contributed by atoms with E-state index in [1.807, 2.05) is 0 Å². The number of rotatable bonds is 5. The van der Waals surface area contributed by atoms with E-state index in [2.05, 4.69) is 4.74 Å². The van der Waals surface area contributed by atoms with Gasteiger partial charge in [0.1, 0.15) is 0 Å². The van der Waals surface area contributed by atoms with Crippen molar-refractivity contribution in [1.82, 2.24) is 0 Å². The largest absolute Gasteiger partial charge is 0.465 e. The standard InChI is InChI=1S/C11H10ClNO6/c1-18-11(15)7-2-3-9(8(6-7)13(16)17)19-10(14)4-5-12/h2-3,6H,4-5H2,1H3. The minimum Gasteiger partial charge on any atom is -0.465 e. The van der Waals surface area contributed by atoms with Gasteiger partial charge >= 0.3 is 17.6 Å². The lowest BCUT2D eigenvalue weighted by Crippen LogP contribution is -2.10. The van der Waals surface area contributed by atoms with E-state index in [9.17, 15) is 19.7 Å². The number of nitro groups is 1. The summed E-state index contributed by atoms with van der Waals surface area (Å²) in [5.74, 6) is -1.61. The first-order valence-electron chi connectivity index (χ1n) is 5.13.